The molecule has 2 saturated heterocycles. The first-order valence-corrected chi connectivity index (χ1v) is 7.93. The Balaban J connectivity index is 1.78. The molecule has 2 aliphatic rings. The van der Waals surface area contributed by atoms with E-state index in [0.29, 0.717) is 12.6 Å². The lowest BCUT2D eigenvalue weighted by Gasteiger charge is -2.41. The zero-order chi connectivity index (χ0) is 14.9. The molecule has 0 aromatic carbocycles. The van der Waals surface area contributed by atoms with E-state index in [4.69, 9.17) is 18.9 Å². The monoisotopic (exact) mass is 294 g/mol. The van der Waals surface area contributed by atoms with Crippen LogP contribution in [-0.4, -0.2) is 48.9 Å². The number of rotatable bonds is 2. The molecule has 0 spiro atoms. The van der Waals surface area contributed by atoms with Crippen LogP contribution in [-0.2, 0) is 14.9 Å². The first kappa shape index (κ1) is 15.0. The second kappa shape index (κ2) is 6.07. The van der Waals surface area contributed by atoms with Crippen LogP contribution in [0.3, 0.4) is 0 Å². The van der Waals surface area contributed by atoms with Gasteiger partial charge in [0.2, 0.25) is 5.89 Å². The Morgan fingerprint density at radius 1 is 1.14 bits per heavy atom. The van der Waals surface area contributed by atoms with Gasteiger partial charge in [0.25, 0.3) is 0 Å². The van der Waals surface area contributed by atoms with E-state index in [2.05, 4.69) is 25.7 Å². The maximum absolute atomic E-state index is 5.79. The molecule has 0 radical (unpaired) electrons. The van der Waals surface area contributed by atoms with Crippen molar-refractivity contribution in [2.75, 3.05) is 33.0 Å². The number of oxazole rings is 1. The second-order valence-electron chi connectivity index (χ2n) is 6.99. The summed E-state index contributed by atoms with van der Waals surface area (Å²) >= 11 is 0. The summed E-state index contributed by atoms with van der Waals surface area (Å²) in [6, 6.07) is 0.690. The molecule has 0 N–H and O–H groups in total. The van der Waals surface area contributed by atoms with Gasteiger partial charge in [0.1, 0.15) is 12.3 Å². The van der Waals surface area contributed by atoms with Crippen molar-refractivity contribution < 1.29 is 13.9 Å². The van der Waals surface area contributed by atoms with Crippen LogP contribution in [0.5, 0.6) is 0 Å². The van der Waals surface area contributed by atoms with Crippen molar-refractivity contribution in [1.82, 2.24) is 9.88 Å². The Morgan fingerprint density at radius 3 is 2.57 bits per heavy atom. The van der Waals surface area contributed by atoms with E-state index >= 15 is 0 Å². The van der Waals surface area contributed by atoms with Crippen LogP contribution in [0.2, 0.25) is 0 Å². The van der Waals surface area contributed by atoms with E-state index in [9.17, 15) is 0 Å². The first-order chi connectivity index (χ1) is 10.1. The third-order valence-corrected chi connectivity index (χ3v) is 4.41. The topological polar surface area (TPSA) is 47.7 Å². The molecule has 0 saturated carbocycles. The minimum absolute atomic E-state index is 0.0147. The van der Waals surface area contributed by atoms with Crippen LogP contribution in [0, 0.1) is 0 Å². The zero-order valence-electron chi connectivity index (χ0n) is 13.3. The fourth-order valence-electron chi connectivity index (χ4n) is 3.07. The maximum atomic E-state index is 5.79. The van der Waals surface area contributed by atoms with E-state index in [1.54, 1.807) is 6.26 Å². The number of morpholine rings is 1. The van der Waals surface area contributed by atoms with Crippen LogP contribution in [0.15, 0.2) is 10.7 Å². The quantitative estimate of drug-likeness (QED) is 0.839. The number of ether oxygens (including phenoxy) is 2. The summed E-state index contributed by atoms with van der Waals surface area (Å²) in [5, 5.41) is 0. The normalized spacial score (nSPS) is 26.1. The van der Waals surface area contributed by atoms with E-state index in [1.165, 1.54) is 0 Å². The standard InChI is InChI=1S/C16H26N2O3/c1-16(2,3)14-11-21-15(17-14)13-10-20-9-6-18(13)12-4-7-19-8-5-12/h11-13H,4-10H2,1-3H3/t13-/m0/s1. The van der Waals surface area contributed by atoms with Crippen molar-refractivity contribution in [3.8, 4) is 0 Å². The minimum atomic E-state index is 0.0147. The van der Waals surface area contributed by atoms with Crippen molar-refractivity contribution in [1.29, 1.82) is 0 Å². The smallest absolute Gasteiger partial charge is 0.214 e. The SMILES string of the molecule is CC(C)(C)c1coc([C@@H]2COCCN2C2CCOCC2)n1. The van der Waals surface area contributed by atoms with Crippen LogP contribution in [0.25, 0.3) is 0 Å². The van der Waals surface area contributed by atoms with Crippen LogP contribution < -0.4 is 0 Å². The summed E-state index contributed by atoms with van der Waals surface area (Å²) in [6.07, 6.45) is 3.97. The zero-order valence-corrected chi connectivity index (χ0v) is 13.3. The molecule has 5 heteroatoms. The fraction of sp³-hybridized carbons (Fsp3) is 0.812. The summed E-state index contributed by atoms with van der Waals surface area (Å²) < 4.78 is 17.0. The summed E-state index contributed by atoms with van der Waals surface area (Å²) in [4.78, 5) is 7.23. The van der Waals surface area contributed by atoms with Gasteiger partial charge in [-0.15, -0.1) is 0 Å². The average molecular weight is 294 g/mol. The number of hydrogen-bond acceptors (Lipinski definition) is 5. The van der Waals surface area contributed by atoms with Gasteiger partial charge in [-0.2, -0.15) is 0 Å². The average Bonchev–Trinajstić information content (AvgIpc) is 2.98. The van der Waals surface area contributed by atoms with E-state index in [1.807, 2.05) is 0 Å². The molecule has 3 rings (SSSR count). The van der Waals surface area contributed by atoms with Gasteiger partial charge < -0.3 is 13.9 Å². The van der Waals surface area contributed by atoms with Gasteiger partial charge in [-0.1, -0.05) is 20.8 Å². The van der Waals surface area contributed by atoms with Crippen LogP contribution >= 0.6 is 0 Å². The lowest BCUT2D eigenvalue weighted by atomic mass is 9.93. The van der Waals surface area contributed by atoms with Gasteiger partial charge in [0.15, 0.2) is 0 Å². The van der Waals surface area contributed by atoms with E-state index in [0.717, 1.165) is 50.8 Å². The van der Waals surface area contributed by atoms with Gasteiger partial charge in [0.05, 0.1) is 18.9 Å². The lowest BCUT2D eigenvalue weighted by Crippen LogP contribution is -2.48. The highest BCUT2D eigenvalue weighted by Gasteiger charge is 2.35. The van der Waals surface area contributed by atoms with Crippen molar-refractivity contribution in [3.05, 3.63) is 17.8 Å². The lowest BCUT2D eigenvalue weighted by molar-refractivity contribution is -0.0638. The summed E-state index contributed by atoms with van der Waals surface area (Å²) in [5.74, 6) is 0.797. The van der Waals surface area contributed by atoms with Crippen molar-refractivity contribution >= 4 is 0 Å². The fourth-order valence-corrected chi connectivity index (χ4v) is 3.07. The molecule has 0 unspecified atom stereocenters. The van der Waals surface area contributed by atoms with Gasteiger partial charge >= 0.3 is 0 Å². The second-order valence-corrected chi connectivity index (χ2v) is 6.99. The molecule has 118 valence electrons. The Bertz CT molecular complexity index is 460. The Morgan fingerprint density at radius 2 is 1.90 bits per heavy atom. The van der Waals surface area contributed by atoms with Crippen LogP contribution in [0.1, 0.15) is 51.2 Å². The Labute approximate surface area is 126 Å². The Kier molecular flexibility index (Phi) is 4.33. The molecular formula is C16H26N2O3. The largest absolute Gasteiger partial charge is 0.447 e. The minimum Gasteiger partial charge on any atom is -0.447 e. The number of hydrogen-bond donors (Lipinski definition) is 0. The van der Waals surface area contributed by atoms with Gasteiger partial charge in [0, 0.05) is 31.2 Å². The molecule has 0 bridgehead atoms. The molecule has 2 fully saturated rings. The molecule has 1 aromatic heterocycles. The van der Waals surface area contributed by atoms with E-state index in [-0.39, 0.29) is 11.5 Å². The highest BCUT2D eigenvalue weighted by Crippen LogP contribution is 2.31. The van der Waals surface area contributed by atoms with Crippen LogP contribution in [0.4, 0.5) is 0 Å². The number of aromatic nitrogens is 1. The van der Waals surface area contributed by atoms with Gasteiger partial charge in [-0.05, 0) is 12.8 Å². The van der Waals surface area contributed by atoms with E-state index < -0.39 is 0 Å². The third-order valence-electron chi connectivity index (χ3n) is 4.41. The Hall–Kier alpha value is -0.910. The first-order valence-electron chi connectivity index (χ1n) is 7.93. The molecule has 5 nitrogen and oxygen atoms in total. The predicted octanol–water partition coefficient (Wildman–Crippen LogP) is 2.52. The third kappa shape index (κ3) is 3.30. The molecule has 1 atom stereocenters. The molecule has 21 heavy (non-hydrogen) atoms. The molecule has 1 aromatic rings. The van der Waals surface area contributed by atoms with Crippen molar-refractivity contribution in [2.24, 2.45) is 0 Å². The maximum Gasteiger partial charge on any atom is 0.214 e. The molecule has 0 aliphatic carbocycles. The molecule has 2 aliphatic heterocycles. The summed E-state index contributed by atoms with van der Waals surface area (Å²) in [7, 11) is 0. The van der Waals surface area contributed by atoms with Crippen molar-refractivity contribution in [2.45, 2.75) is 51.1 Å². The molecule has 3 heterocycles. The highest BCUT2D eigenvalue weighted by molar-refractivity contribution is 5.10. The molecular weight excluding hydrogens is 268 g/mol. The molecule has 0 amide bonds. The highest BCUT2D eigenvalue weighted by atomic mass is 16.5. The number of nitrogens with zero attached hydrogens (tertiary/aromatic N) is 2. The van der Waals surface area contributed by atoms with Crippen molar-refractivity contribution in [3.63, 3.8) is 0 Å². The predicted molar refractivity (Wildman–Crippen MR) is 79.3 cm³/mol. The van der Waals surface area contributed by atoms with Gasteiger partial charge in [-0.3, -0.25) is 4.90 Å². The summed E-state index contributed by atoms with van der Waals surface area (Å²) in [6.45, 7) is 10.6. The summed E-state index contributed by atoms with van der Waals surface area (Å²) in [5.41, 5.74) is 1.02. The van der Waals surface area contributed by atoms with Gasteiger partial charge in [-0.25, -0.2) is 4.98 Å².